The summed E-state index contributed by atoms with van der Waals surface area (Å²) in [4.78, 5) is 23.0. The van der Waals surface area contributed by atoms with Crippen molar-refractivity contribution >= 4 is 17.5 Å². The molecule has 166 valence electrons. The van der Waals surface area contributed by atoms with E-state index in [0.717, 1.165) is 12.1 Å². The average Bonchev–Trinajstić information content (AvgIpc) is 3.33. The second kappa shape index (κ2) is 7.25. The van der Waals surface area contributed by atoms with Crippen LogP contribution in [-0.4, -0.2) is 46.3 Å². The number of aromatic nitrogens is 2. The number of anilines is 2. The van der Waals surface area contributed by atoms with Crippen LogP contribution in [0.2, 0.25) is 0 Å². The lowest BCUT2D eigenvalue weighted by atomic mass is 10.1. The third-order valence-corrected chi connectivity index (χ3v) is 5.38. The quantitative estimate of drug-likeness (QED) is 0.428. The van der Waals surface area contributed by atoms with Gasteiger partial charge in [0.1, 0.15) is 5.69 Å². The molecule has 2 fully saturated rings. The molecule has 2 bridgehead atoms. The van der Waals surface area contributed by atoms with Gasteiger partial charge in [-0.25, -0.2) is 15.4 Å². The molecule has 1 amide bonds. The summed E-state index contributed by atoms with van der Waals surface area (Å²) in [6.07, 6.45) is -8.03. The first-order valence-electron chi connectivity index (χ1n) is 9.07. The molecule has 2 aliphatic rings. The minimum absolute atomic E-state index is 0.0835. The van der Waals surface area contributed by atoms with E-state index in [9.17, 15) is 31.1 Å². The number of piperazine rings is 1. The number of alkyl halides is 6. The Morgan fingerprint density at radius 1 is 1.00 bits per heavy atom. The third kappa shape index (κ3) is 3.96. The van der Waals surface area contributed by atoms with Crippen LogP contribution in [0.4, 0.5) is 38.0 Å². The largest absolute Gasteiger partial charge is 0.416 e. The number of amides is 1. The standard InChI is InChI=1S/C18H15F6N5O2/c19-17(20,21)9-3-10(18(22,23)24)5-11(4-9)28-7-13-6-12(28)8-29(13)16-25-2-1-14(26-16)15(30)27-31/h1-5,12-13,31H,6-8H2,(H,27,30)/t12-,13-/m0/s1. The minimum atomic E-state index is -4.91. The van der Waals surface area contributed by atoms with E-state index in [4.69, 9.17) is 5.21 Å². The maximum atomic E-state index is 13.2. The Morgan fingerprint density at radius 2 is 1.58 bits per heavy atom. The third-order valence-electron chi connectivity index (χ3n) is 5.38. The molecule has 0 radical (unpaired) electrons. The molecule has 13 heteroatoms. The normalized spacial score (nSPS) is 21.0. The van der Waals surface area contributed by atoms with Crippen molar-refractivity contribution in [2.45, 2.75) is 30.9 Å². The summed E-state index contributed by atoms with van der Waals surface area (Å²) in [5.74, 6) is -0.647. The highest BCUT2D eigenvalue weighted by molar-refractivity contribution is 5.91. The first-order chi connectivity index (χ1) is 14.5. The Morgan fingerprint density at radius 3 is 2.10 bits per heavy atom. The number of benzene rings is 1. The number of carbonyl (C=O) groups is 1. The molecule has 0 unspecified atom stereocenters. The molecule has 2 aromatic rings. The maximum Gasteiger partial charge on any atom is 0.416 e. The van der Waals surface area contributed by atoms with Crippen molar-refractivity contribution in [1.82, 2.24) is 15.4 Å². The number of carbonyl (C=O) groups excluding carboxylic acids is 1. The van der Waals surface area contributed by atoms with Gasteiger partial charge in [0.2, 0.25) is 5.95 Å². The molecule has 2 N–H and O–H groups in total. The summed E-state index contributed by atoms with van der Waals surface area (Å²) in [7, 11) is 0. The van der Waals surface area contributed by atoms with E-state index in [1.165, 1.54) is 22.6 Å². The predicted molar refractivity (Wildman–Crippen MR) is 94.6 cm³/mol. The number of nitrogens with zero attached hydrogens (tertiary/aromatic N) is 4. The Bertz CT molecular complexity index is 979. The average molecular weight is 447 g/mol. The summed E-state index contributed by atoms with van der Waals surface area (Å²) >= 11 is 0. The highest BCUT2D eigenvalue weighted by Crippen LogP contribution is 2.42. The second-order valence-corrected chi connectivity index (χ2v) is 7.29. The van der Waals surface area contributed by atoms with E-state index in [1.54, 1.807) is 4.90 Å². The number of hydrogen-bond acceptors (Lipinski definition) is 6. The van der Waals surface area contributed by atoms with Gasteiger partial charge >= 0.3 is 12.4 Å². The fourth-order valence-corrected chi connectivity index (χ4v) is 4.00. The lowest BCUT2D eigenvalue weighted by molar-refractivity contribution is -0.143. The molecule has 0 spiro atoms. The van der Waals surface area contributed by atoms with E-state index in [-0.39, 0.29) is 48.6 Å². The van der Waals surface area contributed by atoms with Crippen LogP contribution in [0.15, 0.2) is 30.5 Å². The number of fused-ring (bicyclic) bond motifs is 2. The van der Waals surface area contributed by atoms with E-state index in [1.807, 2.05) is 0 Å². The van der Waals surface area contributed by atoms with Gasteiger partial charge in [0.25, 0.3) is 5.91 Å². The zero-order chi connectivity index (χ0) is 22.6. The van der Waals surface area contributed by atoms with Crippen LogP contribution in [0.3, 0.4) is 0 Å². The van der Waals surface area contributed by atoms with Gasteiger partial charge in [0, 0.05) is 31.0 Å². The van der Waals surface area contributed by atoms with E-state index < -0.39 is 29.4 Å². The van der Waals surface area contributed by atoms with Gasteiger partial charge in [-0.1, -0.05) is 0 Å². The molecule has 3 heterocycles. The summed E-state index contributed by atoms with van der Waals surface area (Å²) in [5.41, 5.74) is -1.49. The summed E-state index contributed by atoms with van der Waals surface area (Å²) in [5, 5.41) is 8.73. The predicted octanol–water partition coefficient (Wildman–Crippen LogP) is 3.10. The minimum Gasteiger partial charge on any atom is -0.365 e. The van der Waals surface area contributed by atoms with Crippen molar-refractivity contribution in [1.29, 1.82) is 0 Å². The van der Waals surface area contributed by atoms with Crippen LogP contribution < -0.4 is 15.3 Å². The Balaban J connectivity index is 1.60. The maximum absolute atomic E-state index is 13.2. The van der Waals surface area contributed by atoms with Crippen molar-refractivity contribution in [2.24, 2.45) is 0 Å². The van der Waals surface area contributed by atoms with Crippen LogP contribution in [0.1, 0.15) is 28.0 Å². The SMILES string of the molecule is O=C(NO)c1ccnc(N2C[C@@H]3C[C@H]2CN3c2cc(C(F)(F)F)cc(C(F)(F)F)c2)n1. The van der Waals surface area contributed by atoms with Gasteiger partial charge in [-0.15, -0.1) is 0 Å². The molecule has 31 heavy (non-hydrogen) atoms. The van der Waals surface area contributed by atoms with Crippen molar-refractivity contribution in [3.8, 4) is 0 Å². The lowest BCUT2D eigenvalue weighted by Gasteiger charge is -2.36. The molecule has 0 saturated carbocycles. The van der Waals surface area contributed by atoms with E-state index in [2.05, 4.69) is 9.97 Å². The van der Waals surface area contributed by atoms with E-state index >= 15 is 0 Å². The van der Waals surface area contributed by atoms with Crippen molar-refractivity contribution in [2.75, 3.05) is 22.9 Å². The molecule has 1 aromatic carbocycles. The topological polar surface area (TPSA) is 81.6 Å². The highest BCUT2D eigenvalue weighted by Gasteiger charge is 2.46. The number of rotatable bonds is 3. The molecule has 2 aliphatic heterocycles. The van der Waals surface area contributed by atoms with Gasteiger partial charge in [-0.05, 0) is 30.7 Å². The monoisotopic (exact) mass is 447 g/mol. The van der Waals surface area contributed by atoms with Crippen LogP contribution in [0.5, 0.6) is 0 Å². The van der Waals surface area contributed by atoms with Gasteiger partial charge in [0.15, 0.2) is 0 Å². The van der Waals surface area contributed by atoms with Crippen molar-refractivity contribution in [3.05, 3.63) is 47.3 Å². The lowest BCUT2D eigenvalue weighted by Crippen LogP contribution is -2.47. The van der Waals surface area contributed by atoms with Gasteiger partial charge in [-0.3, -0.25) is 10.0 Å². The van der Waals surface area contributed by atoms with Crippen LogP contribution in [0.25, 0.3) is 0 Å². The molecule has 1 aromatic heterocycles. The summed E-state index contributed by atoms with van der Waals surface area (Å²) < 4.78 is 79.0. The molecule has 7 nitrogen and oxygen atoms in total. The number of hydrogen-bond donors (Lipinski definition) is 2. The zero-order valence-electron chi connectivity index (χ0n) is 15.6. The number of hydroxylamine groups is 1. The first kappa shape index (κ1) is 21.2. The molecule has 0 aliphatic carbocycles. The number of nitrogens with one attached hydrogen (secondary N) is 1. The zero-order valence-corrected chi connectivity index (χ0v) is 15.6. The van der Waals surface area contributed by atoms with Crippen molar-refractivity contribution < 1.29 is 36.3 Å². The molecular weight excluding hydrogens is 432 g/mol. The van der Waals surface area contributed by atoms with Crippen molar-refractivity contribution in [3.63, 3.8) is 0 Å². The summed E-state index contributed by atoms with van der Waals surface area (Å²) in [6, 6.07) is 2.23. The van der Waals surface area contributed by atoms with Gasteiger partial charge in [-0.2, -0.15) is 26.3 Å². The smallest absolute Gasteiger partial charge is 0.365 e. The Labute approximate surface area is 171 Å². The summed E-state index contributed by atoms with van der Waals surface area (Å²) in [6.45, 7) is 0.426. The molecule has 4 rings (SSSR count). The fourth-order valence-electron chi connectivity index (χ4n) is 4.00. The number of halogens is 6. The molecule has 2 saturated heterocycles. The fraction of sp³-hybridized carbons (Fsp3) is 0.389. The Hall–Kier alpha value is -3.09. The molecular formula is C18H15F6N5O2. The van der Waals surface area contributed by atoms with Crippen LogP contribution in [-0.2, 0) is 12.4 Å². The van der Waals surface area contributed by atoms with Crippen LogP contribution in [0, 0.1) is 0 Å². The Kier molecular flexibility index (Phi) is 4.95. The van der Waals surface area contributed by atoms with Crippen LogP contribution >= 0.6 is 0 Å². The second-order valence-electron chi connectivity index (χ2n) is 7.29. The van der Waals surface area contributed by atoms with E-state index in [0.29, 0.717) is 6.42 Å². The first-order valence-corrected chi connectivity index (χ1v) is 9.07. The van der Waals surface area contributed by atoms with Gasteiger partial charge < -0.3 is 9.80 Å². The molecule has 2 atom stereocenters. The highest BCUT2D eigenvalue weighted by atomic mass is 19.4. The van der Waals surface area contributed by atoms with Gasteiger partial charge in [0.05, 0.1) is 17.2 Å².